The van der Waals surface area contributed by atoms with Crippen LogP contribution in [0.5, 0.6) is 0 Å². The first-order valence-electron chi connectivity index (χ1n) is 4.12. The van der Waals surface area contributed by atoms with Gasteiger partial charge in [0.05, 0.1) is 0 Å². The molecule has 86 valence electrons. The van der Waals surface area contributed by atoms with Crippen LogP contribution in [-0.2, 0) is 14.4 Å². The molecular weight excluding hydrogens is 234 g/mol. The predicted molar refractivity (Wildman–Crippen MR) is 57.6 cm³/mol. The van der Waals surface area contributed by atoms with Crippen LogP contribution in [-0.4, -0.2) is 34.8 Å². The highest BCUT2D eigenvalue weighted by molar-refractivity contribution is 7.14. The van der Waals surface area contributed by atoms with Gasteiger partial charge in [-0.05, 0) is 0 Å². The zero-order valence-electron chi connectivity index (χ0n) is 8.55. The molecule has 0 unspecified atom stereocenters. The molecule has 0 saturated heterocycles. The van der Waals surface area contributed by atoms with Crippen LogP contribution < -0.4 is 5.32 Å². The number of aliphatic carboxylic acids is 1. The van der Waals surface area contributed by atoms with Crippen molar-refractivity contribution in [3.63, 3.8) is 0 Å². The third-order valence-corrected chi connectivity index (χ3v) is 2.17. The molecule has 0 spiro atoms. The molecule has 1 heterocycles. The Hall–Kier alpha value is -1.96. The van der Waals surface area contributed by atoms with E-state index < -0.39 is 5.97 Å². The molecule has 16 heavy (non-hydrogen) atoms. The molecule has 0 aliphatic heterocycles. The summed E-state index contributed by atoms with van der Waals surface area (Å²) in [7, 11) is 1.24. The van der Waals surface area contributed by atoms with Crippen LogP contribution in [0.2, 0.25) is 0 Å². The monoisotopic (exact) mass is 243 g/mol. The highest BCUT2D eigenvalue weighted by Crippen LogP contribution is 2.16. The Morgan fingerprint density at radius 1 is 1.62 bits per heavy atom. The fraction of sp³-hybridized carbons (Fsp3) is 0.250. The lowest BCUT2D eigenvalue weighted by Crippen LogP contribution is -2.15. The minimum atomic E-state index is -1.25. The molecule has 0 aliphatic rings. The zero-order valence-corrected chi connectivity index (χ0v) is 9.37. The van der Waals surface area contributed by atoms with Crippen molar-refractivity contribution in [3.05, 3.63) is 11.1 Å². The molecule has 0 radical (unpaired) electrons. The quantitative estimate of drug-likeness (QED) is 0.593. The molecule has 7 nitrogen and oxygen atoms in total. The first-order valence-corrected chi connectivity index (χ1v) is 5.00. The number of hydrogen-bond acceptors (Lipinski definition) is 6. The Balaban J connectivity index is 2.95. The lowest BCUT2D eigenvalue weighted by Gasteiger charge is -1.96. The summed E-state index contributed by atoms with van der Waals surface area (Å²) >= 11 is 1.11. The zero-order chi connectivity index (χ0) is 12.1. The average Bonchev–Trinajstić information content (AvgIpc) is 2.60. The normalized spacial score (nSPS) is 11.0. The summed E-state index contributed by atoms with van der Waals surface area (Å²) in [6, 6.07) is 0. The number of nitrogens with zero attached hydrogens (tertiary/aromatic N) is 2. The van der Waals surface area contributed by atoms with Crippen LogP contribution in [0.15, 0.2) is 10.5 Å². The Morgan fingerprint density at radius 2 is 2.31 bits per heavy atom. The van der Waals surface area contributed by atoms with Crippen LogP contribution in [0.3, 0.4) is 0 Å². The molecule has 0 saturated carbocycles. The number of aromatic nitrogens is 1. The lowest BCUT2D eigenvalue weighted by molar-refractivity contribution is -0.129. The number of nitrogens with one attached hydrogen (secondary N) is 1. The Morgan fingerprint density at radius 3 is 2.81 bits per heavy atom. The van der Waals surface area contributed by atoms with Gasteiger partial charge in [-0.2, -0.15) is 0 Å². The SMILES string of the molecule is CO/N=C(/C(=O)O)c1csc(NC(C)=O)n1. The molecule has 0 atom stereocenters. The number of hydrogen-bond donors (Lipinski definition) is 2. The van der Waals surface area contributed by atoms with E-state index in [2.05, 4.69) is 20.3 Å². The summed E-state index contributed by atoms with van der Waals surface area (Å²) < 4.78 is 0. The maximum absolute atomic E-state index is 10.8. The highest BCUT2D eigenvalue weighted by Gasteiger charge is 2.17. The van der Waals surface area contributed by atoms with Gasteiger partial charge >= 0.3 is 5.97 Å². The van der Waals surface area contributed by atoms with Crippen molar-refractivity contribution in [2.75, 3.05) is 12.4 Å². The molecule has 1 amide bonds. The average molecular weight is 243 g/mol. The molecule has 1 aromatic rings. The minimum Gasteiger partial charge on any atom is -0.476 e. The van der Waals surface area contributed by atoms with Crippen LogP contribution in [0.25, 0.3) is 0 Å². The molecule has 8 heteroatoms. The van der Waals surface area contributed by atoms with Crippen molar-refractivity contribution in [1.29, 1.82) is 0 Å². The summed E-state index contributed by atoms with van der Waals surface area (Å²) in [4.78, 5) is 29.8. The van der Waals surface area contributed by atoms with Crippen LogP contribution in [0.4, 0.5) is 5.13 Å². The van der Waals surface area contributed by atoms with Gasteiger partial charge in [0.15, 0.2) is 5.13 Å². The number of thiazole rings is 1. The standard InChI is InChI=1S/C8H9N3O4S/c1-4(12)9-8-10-5(3-16-8)6(7(13)14)11-15-2/h3H,1-2H3,(H,13,14)(H,9,10,12)/b11-6+. The van der Waals surface area contributed by atoms with Crippen LogP contribution >= 0.6 is 11.3 Å². The van der Waals surface area contributed by atoms with E-state index in [-0.39, 0.29) is 17.3 Å². The van der Waals surface area contributed by atoms with Gasteiger partial charge in [0.25, 0.3) is 0 Å². The summed E-state index contributed by atoms with van der Waals surface area (Å²) in [5.41, 5.74) is -0.168. The fourth-order valence-corrected chi connectivity index (χ4v) is 1.62. The molecule has 1 aromatic heterocycles. The molecular formula is C8H9N3O4S. The third-order valence-electron chi connectivity index (χ3n) is 1.41. The Bertz CT molecular complexity index is 440. The summed E-state index contributed by atoms with van der Waals surface area (Å²) in [5, 5.41) is 16.4. The van der Waals surface area contributed by atoms with Gasteiger partial charge in [0.1, 0.15) is 12.8 Å². The van der Waals surface area contributed by atoms with E-state index in [4.69, 9.17) is 5.11 Å². The first kappa shape index (κ1) is 12.1. The van der Waals surface area contributed by atoms with E-state index >= 15 is 0 Å². The maximum atomic E-state index is 10.8. The van der Waals surface area contributed by atoms with Crippen molar-refractivity contribution in [1.82, 2.24) is 4.98 Å². The van der Waals surface area contributed by atoms with Gasteiger partial charge in [-0.25, -0.2) is 9.78 Å². The number of carbonyl (C=O) groups excluding carboxylic acids is 1. The van der Waals surface area contributed by atoms with Crippen molar-refractivity contribution in [2.24, 2.45) is 5.16 Å². The number of anilines is 1. The van der Waals surface area contributed by atoms with Crippen LogP contribution in [0, 0.1) is 0 Å². The summed E-state index contributed by atoms with van der Waals surface area (Å²) in [5.74, 6) is -1.53. The highest BCUT2D eigenvalue weighted by atomic mass is 32.1. The number of rotatable bonds is 4. The van der Waals surface area contributed by atoms with Crippen LogP contribution in [0.1, 0.15) is 12.6 Å². The van der Waals surface area contributed by atoms with Gasteiger partial charge in [0.2, 0.25) is 11.6 Å². The molecule has 0 fully saturated rings. The Kier molecular flexibility index (Phi) is 3.95. The summed E-state index contributed by atoms with van der Waals surface area (Å²) in [6.07, 6.45) is 0. The van der Waals surface area contributed by atoms with Crippen molar-refractivity contribution in [2.45, 2.75) is 6.92 Å². The smallest absolute Gasteiger partial charge is 0.360 e. The second-order valence-corrected chi connectivity index (χ2v) is 3.50. The lowest BCUT2D eigenvalue weighted by atomic mass is 10.3. The number of carboxylic acids is 1. The van der Waals surface area contributed by atoms with Crippen molar-refractivity contribution < 1.29 is 19.5 Å². The van der Waals surface area contributed by atoms with Gasteiger partial charge in [-0.1, -0.05) is 5.16 Å². The Labute approximate surface area is 94.7 Å². The maximum Gasteiger partial charge on any atom is 0.360 e. The van der Waals surface area contributed by atoms with Gasteiger partial charge in [-0.3, -0.25) is 4.79 Å². The van der Waals surface area contributed by atoms with Crippen molar-refractivity contribution in [3.8, 4) is 0 Å². The molecule has 0 bridgehead atoms. The second kappa shape index (κ2) is 5.21. The van der Waals surface area contributed by atoms with Gasteiger partial charge < -0.3 is 15.3 Å². The topological polar surface area (TPSA) is 101 Å². The number of oxime groups is 1. The van der Waals surface area contributed by atoms with Gasteiger partial charge in [0, 0.05) is 12.3 Å². The van der Waals surface area contributed by atoms with E-state index in [9.17, 15) is 9.59 Å². The first-order chi connectivity index (χ1) is 7.54. The predicted octanol–water partition coefficient (Wildman–Crippen LogP) is 0.537. The number of carbonyl (C=O) groups is 2. The molecule has 2 N–H and O–H groups in total. The van der Waals surface area contributed by atoms with E-state index in [1.54, 1.807) is 0 Å². The third kappa shape index (κ3) is 3.02. The van der Waals surface area contributed by atoms with E-state index in [0.717, 1.165) is 11.3 Å². The largest absolute Gasteiger partial charge is 0.476 e. The molecule has 0 aliphatic carbocycles. The number of carboxylic acid groups (broad SMARTS) is 1. The molecule has 0 aromatic carbocycles. The van der Waals surface area contributed by atoms with Crippen molar-refractivity contribution >= 4 is 34.1 Å². The summed E-state index contributed by atoms with van der Waals surface area (Å²) in [6.45, 7) is 1.34. The number of amides is 1. The second-order valence-electron chi connectivity index (χ2n) is 2.65. The minimum absolute atomic E-state index is 0.142. The van der Waals surface area contributed by atoms with Gasteiger partial charge in [-0.15, -0.1) is 11.3 Å². The molecule has 1 rings (SSSR count). The van der Waals surface area contributed by atoms with E-state index in [0.29, 0.717) is 5.13 Å². The van der Waals surface area contributed by atoms with E-state index in [1.165, 1.54) is 19.4 Å². The fourth-order valence-electron chi connectivity index (χ4n) is 0.877. The van der Waals surface area contributed by atoms with E-state index in [1.807, 2.05) is 0 Å².